The molecule has 0 spiro atoms. The molecule has 2 aromatic rings. The van der Waals surface area contributed by atoms with Crippen LogP contribution in [0.3, 0.4) is 0 Å². The lowest BCUT2D eigenvalue weighted by Crippen LogP contribution is -2.34. The highest BCUT2D eigenvalue weighted by atomic mass is 35.5. The van der Waals surface area contributed by atoms with Crippen molar-refractivity contribution >= 4 is 22.5 Å². The summed E-state index contributed by atoms with van der Waals surface area (Å²) in [7, 11) is 0. The van der Waals surface area contributed by atoms with E-state index in [9.17, 15) is 0 Å². The molecule has 2 heterocycles. The van der Waals surface area contributed by atoms with E-state index in [1.54, 1.807) is 0 Å². The maximum absolute atomic E-state index is 6.53. The van der Waals surface area contributed by atoms with E-state index in [0.717, 1.165) is 23.4 Å². The third kappa shape index (κ3) is 2.60. The van der Waals surface area contributed by atoms with Gasteiger partial charge in [0.2, 0.25) is 0 Å². The first-order chi connectivity index (χ1) is 10.2. The third-order valence-corrected chi connectivity index (χ3v) is 5.74. The van der Waals surface area contributed by atoms with Gasteiger partial charge in [0.1, 0.15) is 0 Å². The lowest BCUT2D eigenvalue weighted by atomic mass is 9.92. The number of likely N-dealkylation sites (tertiary alicyclic amines) is 1. The van der Waals surface area contributed by atoms with Gasteiger partial charge in [-0.25, -0.2) is 0 Å². The second-order valence-electron chi connectivity index (χ2n) is 6.87. The molecule has 1 N–H and O–H groups in total. The number of aromatic nitrogens is 1. The Bertz CT molecular complexity index is 649. The van der Waals surface area contributed by atoms with E-state index in [1.807, 2.05) is 6.20 Å². The first-order valence-corrected chi connectivity index (χ1v) is 8.57. The van der Waals surface area contributed by atoms with Gasteiger partial charge in [0.05, 0.1) is 0 Å². The minimum absolute atomic E-state index is 0.920. The summed E-state index contributed by atoms with van der Waals surface area (Å²) in [6.45, 7) is 5.58. The Hall–Kier alpha value is -0.990. The van der Waals surface area contributed by atoms with Gasteiger partial charge in [-0.3, -0.25) is 4.90 Å². The van der Waals surface area contributed by atoms with Crippen LogP contribution >= 0.6 is 11.6 Å². The molecule has 2 fully saturated rings. The standard InChI is InChI=1S/C18H23ClN2/c1-12-10-17(19)16(15-4-7-20-18(12)15)11-21-8-5-14(6-9-21)13-2-3-13/h4,7,10,13-14,20H,2-3,5-6,8-9,11H2,1H3. The van der Waals surface area contributed by atoms with Crippen LogP contribution in [-0.4, -0.2) is 23.0 Å². The second-order valence-corrected chi connectivity index (χ2v) is 7.28. The van der Waals surface area contributed by atoms with Crippen molar-refractivity contribution in [2.75, 3.05) is 13.1 Å². The Morgan fingerprint density at radius 2 is 1.90 bits per heavy atom. The first kappa shape index (κ1) is 13.7. The van der Waals surface area contributed by atoms with Gasteiger partial charge in [0, 0.05) is 28.7 Å². The summed E-state index contributed by atoms with van der Waals surface area (Å²) in [6, 6.07) is 4.27. The minimum atomic E-state index is 0.920. The molecular weight excluding hydrogens is 280 g/mol. The van der Waals surface area contributed by atoms with Crippen LogP contribution in [0.2, 0.25) is 5.02 Å². The molecule has 0 atom stereocenters. The quantitative estimate of drug-likeness (QED) is 0.866. The topological polar surface area (TPSA) is 19.0 Å². The largest absolute Gasteiger partial charge is 0.361 e. The zero-order chi connectivity index (χ0) is 14.4. The van der Waals surface area contributed by atoms with Gasteiger partial charge < -0.3 is 4.98 Å². The van der Waals surface area contributed by atoms with E-state index in [1.165, 1.54) is 60.8 Å². The molecule has 0 bridgehead atoms. The van der Waals surface area contributed by atoms with Gasteiger partial charge in [-0.05, 0) is 80.8 Å². The van der Waals surface area contributed by atoms with E-state index in [4.69, 9.17) is 11.6 Å². The zero-order valence-corrected chi connectivity index (χ0v) is 13.4. The van der Waals surface area contributed by atoms with Gasteiger partial charge in [-0.15, -0.1) is 0 Å². The molecular formula is C18H23ClN2. The third-order valence-electron chi connectivity index (χ3n) is 5.40. The van der Waals surface area contributed by atoms with Crippen molar-refractivity contribution in [1.82, 2.24) is 9.88 Å². The second kappa shape index (κ2) is 5.33. The molecule has 3 heteroatoms. The molecule has 2 aliphatic rings. The van der Waals surface area contributed by atoms with Gasteiger partial charge in [0.15, 0.2) is 0 Å². The average Bonchev–Trinajstić information content (AvgIpc) is 3.21. The number of aryl methyl sites for hydroxylation is 1. The Labute approximate surface area is 131 Å². The first-order valence-electron chi connectivity index (χ1n) is 8.20. The molecule has 0 radical (unpaired) electrons. The molecule has 1 saturated carbocycles. The van der Waals surface area contributed by atoms with Crippen LogP contribution in [-0.2, 0) is 6.54 Å². The molecule has 0 amide bonds. The number of nitrogens with one attached hydrogen (secondary N) is 1. The number of piperidine rings is 1. The molecule has 4 rings (SSSR count). The molecule has 21 heavy (non-hydrogen) atoms. The van der Waals surface area contributed by atoms with Crippen LogP contribution in [0.1, 0.15) is 36.8 Å². The van der Waals surface area contributed by atoms with Crippen LogP contribution in [0, 0.1) is 18.8 Å². The van der Waals surface area contributed by atoms with E-state index in [0.29, 0.717) is 0 Å². The van der Waals surface area contributed by atoms with Crippen molar-refractivity contribution in [1.29, 1.82) is 0 Å². The average molecular weight is 303 g/mol. The predicted molar refractivity (Wildman–Crippen MR) is 88.8 cm³/mol. The Balaban J connectivity index is 1.53. The number of benzene rings is 1. The molecule has 1 saturated heterocycles. The van der Waals surface area contributed by atoms with Crippen molar-refractivity contribution in [3.63, 3.8) is 0 Å². The zero-order valence-electron chi connectivity index (χ0n) is 12.7. The monoisotopic (exact) mass is 302 g/mol. The summed E-state index contributed by atoms with van der Waals surface area (Å²) < 4.78 is 0. The lowest BCUT2D eigenvalue weighted by molar-refractivity contribution is 0.166. The molecule has 112 valence electrons. The summed E-state index contributed by atoms with van der Waals surface area (Å²) in [6.07, 6.45) is 7.75. The van der Waals surface area contributed by atoms with Crippen molar-refractivity contribution in [3.8, 4) is 0 Å². The summed E-state index contributed by atoms with van der Waals surface area (Å²) in [5, 5.41) is 2.22. The number of H-pyrrole nitrogens is 1. The van der Waals surface area contributed by atoms with Crippen LogP contribution in [0.4, 0.5) is 0 Å². The number of rotatable bonds is 3. The van der Waals surface area contributed by atoms with Crippen LogP contribution in [0.5, 0.6) is 0 Å². The summed E-state index contributed by atoms with van der Waals surface area (Å²) in [4.78, 5) is 5.93. The molecule has 1 aromatic heterocycles. The smallest absolute Gasteiger partial charge is 0.0487 e. The summed E-state index contributed by atoms with van der Waals surface area (Å²) in [5.74, 6) is 2.06. The number of nitrogens with zero attached hydrogens (tertiary/aromatic N) is 1. The van der Waals surface area contributed by atoms with Crippen molar-refractivity contribution in [2.24, 2.45) is 11.8 Å². The number of hydrogen-bond acceptors (Lipinski definition) is 1. The highest BCUT2D eigenvalue weighted by Gasteiger charge is 2.33. The fraction of sp³-hybridized carbons (Fsp3) is 0.556. The van der Waals surface area contributed by atoms with Gasteiger partial charge in [0.25, 0.3) is 0 Å². The lowest BCUT2D eigenvalue weighted by Gasteiger charge is -2.32. The highest BCUT2D eigenvalue weighted by Crippen LogP contribution is 2.42. The maximum atomic E-state index is 6.53. The maximum Gasteiger partial charge on any atom is 0.0487 e. The number of hydrogen-bond donors (Lipinski definition) is 1. The Kier molecular flexibility index (Phi) is 3.47. The Morgan fingerprint density at radius 1 is 1.19 bits per heavy atom. The van der Waals surface area contributed by atoms with Gasteiger partial charge in [-0.2, -0.15) is 0 Å². The number of fused-ring (bicyclic) bond motifs is 1. The van der Waals surface area contributed by atoms with Crippen molar-refractivity contribution < 1.29 is 0 Å². The fourth-order valence-electron chi connectivity index (χ4n) is 3.96. The van der Waals surface area contributed by atoms with Crippen molar-refractivity contribution in [3.05, 3.63) is 34.5 Å². The fourth-order valence-corrected chi connectivity index (χ4v) is 4.28. The normalized spacial score (nSPS) is 21.2. The predicted octanol–water partition coefficient (Wildman–Crippen LogP) is 4.75. The van der Waals surface area contributed by atoms with E-state index in [-0.39, 0.29) is 0 Å². The molecule has 1 aliphatic heterocycles. The molecule has 1 aromatic carbocycles. The number of aromatic amines is 1. The highest BCUT2D eigenvalue weighted by molar-refractivity contribution is 6.32. The van der Waals surface area contributed by atoms with E-state index in [2.05, 4.69) is 28.9 Å². The van der Waals surface area contributed by atoms with Gasteiger partial charge in [-0.1, -0.05) is 11.6 Å². The molecule has 2 nitrogen and oxygen atoms in total. The van der Waals surface area contributed by atoms with Crippen LogP contribution < -0.4 is 0 Å². The van der Waals surface area contributed by atoms with E-state index < -0.39 is 0 Å². The minimum Gasteiger partial charge on any atom is -0.361 e. The number of halogens is 1. The van der Waals surface area contributed by atoms with Crippen LogP contribution in [0.25, 0.3) is 10.9 Å². The summed E-state index contributed by atoms with van der Waals surface area (Å²) >= 11 is 6.53. The molecule has 1 aliphatic carbocycles. The van der Waals surface area contributed by atoms with Crippen LogP contribution in [0.15, 0.2) is 18.3 Å². The summed E-state index contributed by atoms with van der Waals surface area (Å²) in [5.41, 5.74) is 3.77. The van der Waals surface area contributed by atoms with Gasteiger partial charge >= 0.3 is 0 Å². The Morgan fingerprint density at radius 3 is 2.62 bits per heavy atom. The van der Waals surface area contributed by atoms with E-state index >= 15 is 0 Å². The van der Waals surface area contributed by atoms with Crippen molar-refractivity contribution in [2.45, 2.75) is 39.2 Å². The molecule has 0 unspecified atom stereocenters. The SMILES string of the molecule is Cc1cc(Cl)c(CN2CCC(C3CC3)CC2)c2cc[nH]c12.